The molecule has 0 aliphatic heterocycles. The summed E-state index contributed by atoms with van der Waals surface area (Å²) in [6, 6.07) is 1.86. The fourth-order valence-electron chi connectivity index (χ4n) is 3.30. The van der Waals surface area contributed by atoms with E-state index in [0.717, 1.165) is 35.4 Å². The van der Waals surface area contributed by atoms with E-state index in [2.05, 4.69) is 21.5 Å². The highest BCUT2D eigenvalue weighted by Gasteiger charge is 2.19. The average Bonchev–Trinajstić information content (AvgIpc) is 2.83. The molecule has 2 aromatic heterocycles. The van der Waals surface area contributed by atoms with Crippen molar-refractivity contribution < 1.29 is 0 Å². The summed E-state index contributed by atoms with van der Waals surface area (Å²) < 4.78 is 2.16. The first kappa shape index (κ1) is 15.1. The Kier molecular flexibility index (Phi) is 4.70. The maximum Gasteiger partial charge on any atom is 0.160 e. The molecule has 3 nitrogen and oxygen atoms in total. The zero-order valence-corrected chi connectivity index (χ0v) is 13.9. The molecule has 114 valence electrons. The molecule has 1 saturated carbocycles. The number of imidazole rings is 1. The van der Waals surface area contributed by atoms with Crippen LogP contribution < -0.4 is 0 Å². The standard InChI is InChI=1S/C16H21Cl2N3/c1-11-2-4-12(5-3-11)6-7-21-15(9-17)20-14-8-13(18)10-19-16(14)21/h8,10-12H,2-7,9H2,1H3. The Labute approximate surface area is 135 Å². The SMILES string of the molecule is CC1CCC(CCn2c(CCl)nc3cc(Cl)cnc32)CC1. The molecule has 1 aliphatic rings. The zero-order chi connectivity index (χ0) is 14.8. The van der Waals surface area contributed by atoms with E-state index in [4.69, 9.17) is 23.2 Å². The Morgan fingerprint density at radius 1 is 1.29 bits per heavy atom. The van der Waals surface area contributed by atoms with E-state index in [-0.39, 0.29) is 0 Å². The lowest BCUT2D eigenvalue weighted by molar-refractivity contribution is 0.269. The van der Waals surface area contributed by atoms with Crippen molar-refractivity contribution >= 4 is 34.4 Å². The van der Waals surface area contributed by atoms with E-state index < -0.39 is 0 Å². The van der Waals surface area contributed by atoms with Crippen LogP contribution >= 0.6 is 23.2 Å². The van der Waals surface area contributed by atoms with Crippen molar-refractivity contribution in [3.8, 4) is 0 Å². The first-order valence-electron chi connectivity index (χ1n) is 7.74. The van der Waals surface area contributed by atoms with E-state index in [0.29, 0.717) is 10.9 Å². The summed E-state index contributed by atoms with van der Waals surface area (Å²) in [7, 11) is 0. The van der Waals surface area contributed by atoms with Gasteiger partial charge in [-0.2, -0.15) is 0 Å². The van der Waals surface area contributed by atoms with Crippen molar-refractivity contribution in [1.82, 2.24) is 14.5 Å². The van der Waals surface area contributed by atoms with Crippen LogP contribution in [0.5, 0.6) is 0 Å². The molecule has 1 fully saturated rings. The summed E-state index contributed by atoms with van der Waals surface area (Å²) in [6.07, 6.45) is 8.30. The second-order valence-electron chi connectivity index (χ2n) is 6.22. The first-order valence-corrected chi connectivity index (χ1v) is 8.65. The summed E-state index contributed by atoms with van der Waals surface area (Å²) in [5, 5.41) is 0.620. The van der Waals surface area contributed by atoms with E-state index in [1.165, 1.54) is 32.1 Å². The molecule has 0 bridgehead atoms. The van der Waals surface area contributed by atoms with Crippen LogP contribution in [0, 0.1) is 11.8 Å². The minimum atomic E-state index is 0.412. The maximum absolute atomic E-state index is 6.04. The Morgan fingerprint density at radius 2 is 2.05 bits per heavy atom. The molecule has 21 heavy (non-hydrogen) atoms. The summed E-state index contributed by atoms with van der Waals surface area (Å²) in [5.74, 6) is 3.03. The van der Waals surface area contributed by atoms with E-state index >= 15 is 0 Å². The quantitative estimate of drug-likeness (QED) is 0.737. The van der Waals surface area contributed by atoms with Crippen molar-refractivity contribution in [1.29, 1.82) is 0 Å². The van der Waals surface area contributed by atoms with Crippen LogP contribution in [0.1, 0.15) is 44.9 Å². The van der Waals surface area contributed by atoms with Gasteiger partial charge in [0.05, 0.1) is 10.9 Å². The van der Waals surface area contributed by atoms with E-state index in [1.807, 2.05) is 6.07 Å². The molecular weight excluding hydrogens is 305 g/mol. The summed E-state index contributed by atoms with van der Waals surface area (Å²) in [4.78, 5) is 8.99. The molecule has 0 saturated heterocycles. The molecule has 0 atom stereocenters. The van der Waals surface area contributed by atoms with Gasteiger partial charge in [0.2, 0.25) is 0 Å². The topological polar surface area (TPSA) is 30.7 Å². The highest BCUT2D eigenvalue weighted by molar-refractivity contribution is 6.31. The molecule has 0 spiro atoms. The molecule has 0 aromatic carbocycles. The number of aryl methyl sites for hydroxylation is 1. The lowest BCUT2D eigenvalue weighted by Gasteiger charge is -2.26. The second kappa shape index (κ2) is 6.53. The molecule has 0 unspecified atom stereocenters. The molecule has 2 heterocycles. The molecule has 2 aromatic rings. The number of pyridine rings is 1. The van der Waals surface area contributed by atoms with E-state index in [1.54, 1.807) is 6.20 Å². The summed E-state index contributed by atoms with van der Waals surface area (Å²) in [6.45, 7) is 3.31. The average molecular weight is 326 g/mol. The zero-order valence-electron chi connectivity index (χ0n) is 12.4. The number of fused-ring (bicyclic) bond motifs is 1. The Morgan fingerprint density at radius 3 is 2.76 bits per heavy atom. The Bertz CT molecular complexity index is 615. The van der Waals surface area contributed by atoms with Gasteiger partial charge in [0, 0.05) is 12.7 Å². The lowest BCUT2D eigenvalue weighted by atomic mass is 9.81. The van der Waals surface area contributed by atoms with Gasteiger partial charge in [-0.05, 0) is 24.3 Å². The van der Waals surface area contributed by atoms with Gasteiger partial charge in [-0.3, -0.25) is 0 Å². The van der Waals surface area contributed by atoms with Crippen molar-refractivity contribution in [2.75, 3.05) is 0 Å². The van der Waals surface area contributed by atoms with Crippen LogP contribution in [-0.2, 0) is 12.4 Å². The van der Waals surface area contributed by atoms with Gasteiger partial charge < -0.3 is 4.57 Å². The van der Waals surface area contributed by atoms with Gasteiger partial charge in [0.25, 0.3) is 0 Å². The van der Waals surface area contributed by atoms with Crippen molar-refractivity contribution in [2.45, 2.75) is 51.5 Å². The van der Waals surface area contributed by atoms with Crippen LogP contribution in [0.15, 0.2) is 12.3 Å². The smallest absolute Gasteiger partial charge is 0.160 e. The lowest BCUT2D eigenvalue weighted by Crippen LogP contribution is -2.15. The molecular formula is C16H21Cl2N3. The summed E-state index contributed by atoms with van der Waals surface area (Å²) in [5.41, 5.74) is 1.75. The third kappa shape index (κ3) is 3.35. The summed E-state index contributed by atoms with van der Waals surface area (Å²) >= 11 is 12.0. The highest BCUT2D eigenvalue weighted by Crippen LogP contribution is 2.31. The van der Waals surface area contributed by atoms with Crippen LogP contribution in [0.2, 0.25) is 5.02 Å². The number of rotatable bonds is 4. The molecule has 5 heteroatoms. The minimum Gasteiger partial charge on any atom is -0.312 e. The number of hydrogen-bond acceptors (Lipinski definition) is 2. The van der Waals surface area contributed by atoms with Gasteiger partial charge in [-0.15, -0.1) is 11.6 Å². The number of alkyl halides is 1. The number of aromatic nitrogens is 3. The maximum atomic E-state index is 6.04. The van der Waals surface area contributed by atoms with Crippen molar-refractivity contribution in [3.63, 3.8) is 0 Å². The van der Waals surface area contributed by atoms with Gasteiger partial charge in [-0.1, -0.05) is 44.2 Å². The molecule has 1 aliphatic carbocycles. The van der Waals surface area contributed by atoms with Crippen molar-refractivity contribution in [2.24, 2.45) is 11.8 Å². The van der Waals surface area contributed by atoms with Crippen molar-refractivity contribution in [3.05, 3.63) is 23.1 Å². The van der Waals surface area contributed by atoms with E-state index in [9.17, 15) is 0 Å². The van der Waals surface area contributed by atoms with Gasteiger partial charge >= 0.3 is 0 Å². The molecule has 0 radical (unpaired) electrons. The van der Waals surface area contributed by atoms with Crippen LogP contribution in [0.4, 0.5) is 0 Å². The fourth-order valence-corrected chi connectivity index (χ4v) is 3.66. The van der Waals surface area contributed by atoms with Crippen LogP contribution in [0.3, 0.4) is 0 Å². The Balaban J connectivity index is 1.76. The normalized spacial score (nSPS) is 22.8. The third-order valence-electron chi connectivity index (χ3n) is 4.65. The number of hydrogen-bond donors (Lipinski definition) is 0. The van der Waals surface area contributed by atoms with Crippen LogP contribution in [0.25, 0.3) is 11.2 Å². The first-order chi connectivity index (χ1) is 10.2. The number of nitrogens with zero attached hydrogens (tertiary/aromatic N) is 3. The number of halogens is 2. The largest absolute Gasteiger partial charge is 0.312 e. The predicted octanol–water partition coefficient (Wildman–Crippen LogP) is 5.04. The fraction of sp³-hybridized carbons (Fsp3) is 0.625. The molecule has 3 rings (SSSR count). The molecule has 0 N–H and O–H groups in total. The molecule has 0 amide bonds. The van der Waals surface area contributed by atoms with Gasteiger partial charge in [0.15, 0.2) is 5.65 Å². The van der Waals surface area contributed by atoms with Gasteiger partial charge in [-0.25, -0.2) is 9.97 Å². The predicted molar refractivity (Wildman–Crippen MR) is 87.8 cm³/mol. The third-order valence-corrected chi connectivity index (χ3v) is 5.09. The monoisotopic (exact) mass is 325 g/mol. The highest BCUT2D eigenvalue weighted by atomic mass is 35.5. The van der Waals surface area contributed by atoms with Gasteiger partial charge in [0.1, 0.15) is 11.3 Å². The minimum absolute atomic E-state index is 0.412. The Hall–Kier alpha value is -0.800. The second-order valence-corrected chi connectivity index (χ2v) is 6.93. The van der Waals surface area contributed by atoms with Crippen LogP contribution in [-0.4, -0.2) is 14.5 Å².